The zero-order valence-corrected chi connectivity index (χ0v) is 16.0. The Morgan fingerprint density at radius 1 is 1.18 bits per heavy atom. The van der Waals surface area contributed by atoms with E-state index >= 15 is 0 Å². The Balaban J connectivity index is 4.24. The fourth-order valence-electron chi connectivity index (χ4n) is 2.01. The van der Waals surface area contributed by atoms with Crippen molar-refractivity contribution in [1.82, 2.24) is 10.6 Å². The number of rotatable bonds is 9. The summed E-state index contributed by atoms with van der Waals surface area (Å²) in [5.74, 6) is 1.43. The van der Waals surface area contributed by atoms with Gasteiger partial charge >= 0.3 is 0 Å². The zero-order valence-electron chi connectivity index (χ0n) is 15.2. The molecular weight excluding hydrogens is 298 g/mol. The molecule has 1 unspecified atom stereocenters. The van der Waals surface area contributed by atoms with Gasteiger partial charge in [0.05, 0.1) is 10.5 Å². The van der Waals surface area contributed by atoms with Gasteiger partial charge in [-0.15, -0.1) is 0 Å². The Labute approximate surface area is 137 Å². The molecule has 0 rings (SSSR count). The summed E-state index contributed by atoms with van der Waals surface area (Å²) >= 11 is 0. The van der Waals surface area contributed by atoms with Crippen LogP contribution in [0.3, 0.4) is 0 Å². The van der Waals surface area contributed by atoms with E-state index in [0.29, 0.717) is 18.4 Å². The third-order valence-electron chi connectivity index (χ3n) is 3.92. The predicted molar refractivity (Wildman–Crippen MR) is 96.2 cm³/mol. The molecule has 22 heavy (non-hydrogen) atoms. The Hall–Kier alpha value is -0.780. The monoisotopic (exact) mass is 333 g/mol. The lowest BCUT2D eigenvalue weighted by Gasteiger charge is -2.21. The third kappa shape index (κ3) is 8.01. The molecule has 0 bridgehead atoms. The number of aliphatic imine (C=N–C) groups is 1. The average molecular weight is 334 g/mol. The van der Waals surface area contributed by atoms with Crippen molar-refractivity contribution in [2.45, 2.75) is 65.0 Å². The van der Waals surface area contributed by atoms with E-state index in [4.69, 9.17) is 0 Å². The molecule has 0 radical (unpaired) electrons. The number of nitrogens with one attached hydrogen (secondary N) is 2. The molecule has 1 atom stereocenters. The Morgan fingerprint density at radius 2 is 1.82 bits per heavy atom. The van der Waals surface area contributed by atoms with Gasteiger partial charge in [0.15, 0.2) is 15.8 Å². The van der Waals surface area contributed by atoms with E-state index in [9.17, 15) is 8.42 Å². The average Bonchev–Trinajstić information content (AvgIpc) is 2.44. The highest BCUT2D eigenvalue weighted by Gasteiger charge is 2.28. The van der Waals surface area contributed by atoms with E-state index in [2.05, 4.69) is 29.5 Å². The maximum absolute atomic E-state index is 12.1. The minimum Gasteiger partial charge on any atom is -0.356 e. The van der Waals surface area contributed by atoms with Crippen LogP contribution >= 0.6 is 0 Å². The molecule has 0 spiro atoms. The van der Waals surface area contributed by atoms with E-state index in [1.165, 1.54) is 19.3 Å². The summed E-state index contributed by atoms with van der Waals surface area (Å²) in [6, 6.07) is 0. The van der Waals surface area contributed by atoms with Crippen molar-refractivity contribution in [3.63, 3.8) is 0 Å². The molecule has 0 saturated heterocycles. The number of unbranched alkanes of at least 4 members (excludes halogenated alkanes) is 1. The molecule has 0 aliphatic heterocycles. The second-order valence-electron chi connectivity index (χ2n) is 6.73. The lowest BCUT2D eigenvalue weighted by Crippen LogP contribution is -2.43. The summed E-state index contributed by atoms with van der Waals surface area (Å²) in [6.07, 6.45) is 4.82. The van der Waals surface area contributed by atoms with Crippen molar-refractivity contribution in [1.29, 1.82) is 0 Å². The first kappa shape index (κ1) is 21.2. The molecule has 6 heteroatoms. The second-order valence-corrected chi connectivity index (χ2v) is 9.59. The fraction of sp³-hybridized carbons (Fsp3) is 0.938. The maximum atomic E-state index is 12.1. The minimum absolute atomic E-state index is 0.115. The third-order valence-corrected chi connectivity index (χ3v) is 6.53. The van der Waals surface area contributed by atoms with Gasteiger partial charge in [-0.05, 0) is 33.1 Å². The zero-order chi connectivity index (χ0) is 17.2. The van der Waals surface area contributed by atoms with Crippen molar-refractivity contribution in [3.05, 3.63) is 0 Å². The van der Waals surface area contributed by atoms with Gasteiger partial charge in [0.25, 0.3) is 0 Å². The summed E-state index contributed by atoms with van der Waals surface area (Å²) in [5.41, 5.74) is 0. The number of nitrogens with zero attached hydrogens (tertiary/aromatic N) is 1. The topological polar surface area (TPSA) is 70.6 Å². The molecule has 0 saturated carbocycles. The van der Waals surface area contributed by atoms with Gasteiger partial charge in [0, 0.05) is 20.1 Å². The molecule has 0 amide bonds. The SMILES string of the molecule is CCCCC(CC)CNC(=NC)NCCS(=O)(=O)C(C)(C)C. The molecule has 132 valence electrons. The van der Waals surface area contributed by atoms with Crippen LogP contribution in [0.5, 0.6) is 0 Å². The van der Waals surface area contributed by atoms with Crippen LogP contribution in [0, 0.1) is 5.92 Å². The Bertz CT molecular complexity index is 425. The Morgan fingerprint density at radius 3 is 2.27 bits per heavy atom. The van der Waals surface area contributed by atoms with Gasteiger partial charge < -0.3 is 10.6 Å². The molecule has 0 aromatic carbocycles. The van der Waals surface area contributed by atoms with E-state index in [1.54, 1.807) is 27.8 Å². The smallest absolute Gasteiger partial charge is 0.191 e. The first-order valence-corrected chi connectivity index (χ1v) is 10.00. The van der Waals surface area contributed by atoms with Gasteiger partial charge in [0.2, 0.25) is 0 Å². The standard InChI is InChI=1S/C16H35N3O2S/c1-7-9-10-14(8-2)13-19-15(17-6)18-11-12-22(20,21)16(3,4)5/h14H,7-13H2,1-6H3,(H2,17,18,19). The van der Waals surface area contributed by atoms with Crippen molar-refractivity contribution in [2.75, 3.05) is 25.9 Å². The number of sulfone groups is 1. The maximum Gasteiger partial charge on any atom is 0.191 e. The molecule has 0 aliphatic rings. The van der Waals surface area contributed by atoms with E-state index in [-0.39, 0.29) is 5.75 Å². The quantitative estimate of drug-likeness (QED) is 0.502. The highest BCUT2D eigenvalue weighted by atomic mass is 32.2. The Kier molecular flexibility index (Phi) is 9.72. The van der Waals surface area contributed by atoms with Crippen LogP contribution in [0.15, 0.2) is 4.99 Å². The lowest BCUT2D eigenvalue weighted by molar-refractivity contribution is 0.444. The molecule has 0 aromatic heterocycles. The van der Waals surface area contributed by atoms with Crippen LogP contribution in [0.1, 0.15) is 60.3 Å². The molecule has 0 heterocycles. The number of hydrogen-bond donors (Lipinski definition) is 2. The van der Waals surface area contributed by atoms with E-state index < -0.39 is 14.6 Å². The van der Waals surface area contributed by atoms with Gasteiger partial charge in [-0.25, -0.2) is 8.42 Å². The number of hydrogen-bond acceptors (Lipinski definition) is 3. The van der Waals surface area contributed by atoms with Gasteiger partial charge in [-0.1, -0.05) is 33.1 Å². The molecule has 5 nitrogen and oxygen atoms in total. The van der Waals surface area contributed by atoms with Gasteiger partial charge in [0.1, 0.15) is 0 Å². The number of guanidine groups is 1. The normalized spacial score (nSPS) is 14.7. The molecule has 0 aliphatic carbocycles. The van der Waals surface area contributed by atoms with Crippen LogP contribution in [0.25, 0.3) is 0 Å². The van der Waals surface area contributed by atoms with Crippen LogP contribution in [0.4, 0.5) is 0 Å². The minimum atomic E-state index is -3.09. The van der Waals surface area contributed by atoms with Crippen molar-refractivity contribution < 1.29 is 8.42 Å². The summed E-state index contributed by atoms with van der Waals surface area (Å²) in [6.45, 7) is 10.9. The first-order chi connectivity index (χ1) is 10.2. The van der Waals surface area contributed by atoms with Crippen molar-refractivity contribution in [3.8, 4) is 0 Å². The fourth-order valence-corrected chi connectivity index (χ4v) is 3.00. The highest BCUT2D eigenvalue weighted by Crippen LogP contribution is 2.15. The highest BCUT2D eigenvalue weighted by molar-refractivity contribution is 7.92. The predicted octanol–water partition coefficient (Wildman–Crippen LogP) is 2.58. The second kappa shape index (κ2) is 10.1. The molecule has 2 N–H and O–H groups in total. The summed E-state index contributed by atoms with van der Waals surface area (Å²) in [4.78, 5) is 4.16. The first-order valence-electron chi connectivity index (χ1n) is 8.34. The summed E-state index contributed by atoms with van der Waals surface area (Å²) < 4.78 is 23.4. The van der Waals surface area contributed by atoms with Crippen molar-refractivity contribution in [2.24, 2.45) is 10.9 Å². The van der Waals surface area contributed by atoms with Crippen LogP contribution in [0.2, 0.25) is 0 Å². The van der Waals surface area contributed by atoms with Crippen LogP contribution in [-0.4, -0.2) is 45.0 Å². The van der Waals surface area contributed by atoms with E-state index in [1.807, 2.05) is 0 Å². The summed E-state index contributed by atoms with van der Waals surface area (Å²) in [7, 11) is -1.39. The summed E-state index contributed by atoms with van der Waals surface area (Å²) in [5, 5.41) is 6.39. The molecular formula is C16H35N3O2S. The molecule has 0 aromatic rings. The molecule has 0 fully saturated rings. The van der Waals surface area contributed by atoms with Gasteiger partial charge in [-0.3, -0.25) is 4.99 Å². The van der Waals surface area contributed by atoms with Crippen LogP contribution < -0.4 is 10.6 Å². The van der Waals surface area contributed by atoms with E-state index in [0.717, 1.165) is 13.0 Å². The van der Waals surface area contributed by atoms with Crippen molar-refractivity contribution >= 4 is 15.8 Å². The van der Waals surface area contributed by atoms with Gasteiger partial charge in [-0.2, -0.15) is 0 Å². The lowest BCUT2D eigenvalue weighted by atomic mass is 9.99. The van der Waals surface area contributed by atoms with Crippen LogP contribution in [-0.2, 0) is 9.84 Å². The largest absolute Gasteiger partial charge is 0.356 e.